The SMILES string of the molecule is COc1cccc(Oc2ccc(CCl)cc2C(F)(F)F)c1. The maximum atomic E-state index is 13.1. The van der Waals surface area contributed by atoms with E-state index in [1.165, 1.54) is 25.3 Å². The molecule has 0 unspecified atom stereocenters. The van der Waals surface area contributed by atoms with E-state index in [1.807, 2.05) is 0 Å². The van der Waals surface area contributed by atoms with Crippen LogP contribution in [0, 0.1) is 0 Å². The van der Waals surface area contributed by atoms with Crippen molar-refractivity contribution < 1.29 is 22.6 Å². The Kier molecular flexibility index (Phi) is 4.63. The van der Waals surface area contributed by atoms with Crippen LogP contribution >= 0.6 is 11.6 Å². The molecule has 2 nitrogen and oxygen atoms in total. The molecule has 0 fully saturated rings. The summed E-state index contributed by atoms with van der Waals surface area (Å²) < 4.78 is 49.5. The Morgan fingerprint density at radius 1 is 1.05 bits per heavy atom. The van der Waals surface area contributed by atoms with Gasteiger partial charge in [0.05, 0.1) is 12.7 Å². The molecule has 2 aromatic carbocycles. The summed E-state index contributed by atoms with van der Waals surface area (Å²) in [6.45, 7) is 0. The zero-order chi connectivity index (χ0) is 15.5. The predicted molar refractivity (Wildman–Crippen MR) is 74.1 cm³/mol. The molecule has 0 bridgehead atoms. The molecule has 0 aliphatic heterocycles. The van der Waals surface area contributed by atoms with Gasteiger partial charge in [-0.2, -0.15) is 13.2 Å². The van der Waals surface area contributed by atoms with Gasteiger partial charge in [-0.1, -0.05) is 12.1 Å². The maximum absolute atomic E-state index is 13.1. The van der Waals surface area contributed by atoms with Crippen LogP contribution in [0.15, 0.2) is 42.5 Å². The number of rotatable bonds is 4. The van der Waals surface area contributed by atoms with Crippen LogP contribution in [-0.2, 0) is 12.1 Å². The number of halogens is 4. The standard InChI is InChI=1S/C15H12ClF3O2/c1-20-11-3-2-4-12(8-11)21-14-6-5-10(9-16)7-13(14)15(17,18)19/h2-8H,9H2,1H3. The highest BCUT2D eigenvalue weighted by Gasteiger charge is 2.34. The van der Waals surface area contributed by atoms with E-state index in [0.717, 1.165) is 6.07 Å². The van der Waals surface area contributed by atoms with E-state index >= 15 is 0 Å². The lowest BCUT2D eigenvalue weighted by molar-refractivity contribution is -0.138. The second-order valence-corrected chi connectivity index (χ2v) is 4.51. The van der Waals surface area contributed by atoms with Crippen molar-refractivity contribution >= 4 is 11.6 Å². The van der Waals surface area contributed by atoms with Gasteiger partial charge >= 0.3 is 6.18 Å². The van der Waals surface area contributed by atoms with Gasteiger partial charge in [0.15, 0.2) is 0 Å². The quantitative estimate of drug-likeness (QED) is 0.718. The van der Waals surface area contributed by atoms with E-state index in [-0.39, 0.29) is 17.4 Å². The van der Waals surface area contributed by atoms with Crippen LogP contribution in [0.3, 0.4) is 0 Å². The second kappa shape index (κ2) is 6.26. The molecule has 0 aromatic heterocycles. The van der Waals surface area contributed by atoms with Gasteiger partial charge in [0.2, 0.25) is 0 Å². The number of benzene rings is 2. The molecule has 6 heteroatoms. The lowest BCUT2D eigenvalue weighted by Crippen LogP contribution is -2.07. The molecule has 0 N–H and O–H groups in total. The van der Waals surface area contributed by atoms with Crippen molar-refractivity contribution in [3.05, 3.63) is 53.6 Å². The summed E-state index contributed by atoms with van der Waals surface area (Å²) >= 11 is 5.58. The maximum Gasteiger partial charge on any atom is 0.419 e. The van der Waals surface area contributed by atoms with Gasteiger partial charge in [-0.3, -0.25) is 0 Å². The first-order valence-corrected chi connectivity index (χ1v) is 6.55. The number of hydrogen-bond acceptors (Lipinski definition) is 2. The monoisotopic (exact) mass is 316 g/mol. The summed E-state index contributed by atoms with van der Waals surface area (Å²) in [5.41, 5.74) is -0.481. The summed E-state index contributed by atoms with van der Waals surface area (Å²) in [6.07, 6.45) is -4.52. The largest absolute Gasteiger partial charge is 0.497 e. The van der Waals surface area contributed by atoms with Gasteiger partial charge in [-0.25, -0.2) is 0 Å². The van der Waals surface area contributed by atoms with E-state index in [0.29, 0.717) is 11.3 Å². The number of methoxy groups -OCH3 is 1. The Balaban J connectivity index is 2.39. The molecule has 0 spiro atoms. The lowest BCUT2D eigenvalue weighted by Gasteiger charge is -2.15. The summed E-state index contributed by atoms with van der Waals surface area (Å²) in [4.78, 5) is 0. The molecular formula is C15H12ClF3O2. The lowest BCUT2D eigenvalue weighted by atomic mass is 10.1. The van der Waals surface area contributed by atoms with Crippen LogP contribution in [0.25, 0.3) is 0 Å². The third-order valence-corrected chi connectivity index (χ3v) is 3.08. The molecule has 0 saturated heterocycles. The third-order valence-electron chi connectivity index (χ3n) is 2.77. The minimum absolute atomic E-state index is 0.00250. The Hall–Kier alpha value is -1.88. The molecule has 2 rings (SSSR count). The van der Waals surface area contributed by atoms with Crippen LogP contribution in [0.2, 0.25) is 0 Å². The predicted octanol–water partition coefficient (Wildman–Crippen LogP) is 5.25. The highest BCUT2D eigenvalue weighted by molar-refractivity contribution is 6.17. The van der Waals surface area contributed by atoms with E-state index < -0.39 is 11.7 Å². The number of ether oxygens (including phenoxy) is 2. The van der Waals surface area contributed by atoms with Crippen molar-refractivity contribution in [2.45, 2.75) is 12.1 Å². The molecule has 0 aliphatic carbocycles. The first-order chi connectivity index (χ1) is 9.94. The van der Waals surface area contributed by atoms with Crippen LogP contribution in [0.1, 0.15) is 11.1 Å². The summed E-state index contributed by atoms with van der Waals surface area (Å²) in [5, 5.41) is 0. The summed E-state index contributed by atoms with van der Waals surface area (Å²) in [7, 11) is 1.47. The van der Waals surface area contributed by atoms with Crippen LogP contribution < -0.4 is 9.47 Å². The first-order valence-electron chi connectivity index (χ1n) is 6.02. The van der Waals surface area contributed by atoms with Gasteiger partial charge in [0.25, 0.3) is 0 Å². The van der Waals surface area contributed by atoms with E-state index in [2.05, 4.69) is 0 Å². The smallest absolute Gasteiger partial charge is 0.419 e. The highest BCUT2D eigenvalue weighted by Crippen LogP contribution is 2.39. The van der Waals surface area contributed by atoms with Gasteiger partial charge in [0.1, 0.15) is 17.2 Å². The molecule has 0 heterocycles. The van der Waals surface area contributed by atoms with Gasteiger partial charge < -0.3 is 9.47 Å². The zero-order valence-corrected chi connectivity index (χ0v) is 11.8. The Morgan fingerprint density at radius 2 is 1.76 bits per heavy atom. The number of alkyl halides is 4. The third kappa shape index (κ3) is 3.82. The molecule has 0 atom stereocenters. The Morgan fingerprint density at radius 3 is 2.38 bits per heavy atom. The molecule has 0 aliphatic rings. The Labute approximate surface area is 125 Å². The van der Waals surface area contributed by atoms with Crippen molar-refractivity contribution in [3.8, 4) is 17.2 Å². The average Bonchev–Trinajstić information content (AvgIpc) is 2.46. The molecule has 0 radical (unpaired) electrons. The molecule has 0 saturated carbocycles. The molecule has 112 valence electrons. The van der Waals surface area contributed by atoms with Gasteiger partial charge in [-0.15, -0.1) is 11.6 Å². The van der Waals surface area contributed by atoms with Gasteiger partial charge in [0, 0.05) is 11.9 Å². The van der Waals surface area contributed by atoms with E-state index in [9.17, 15) is 13.2 Å². The van der Waals surface area contributed by atoms with Crippen molar-refractivity contribution in [2.24, 2.45) is 0 Å². The van der Waals surface area contributed by atoms with Crippen molar-refractivity contribution in [3.63, 3.8) is 0 Å². The minimum Gasteiger partial charge on any atom is -0.497 e. The van der Waals surface area contributed by atoms with Crippen molar-refractivity contribution in [1.82, 2.24) is 0 Å². The fraction of sp³-hybridized carbons (Fsp3) is 0.200. The molecule has 21 heavy (non-hydrogen) atoms. The topological polar surface area (TPSA) is 18.5 Å². The van der Waals surface area contributed by atoms with Crippen molar-refractivity contribution in [1.29, 1.82) is 0 Å². The molecule has 0 amide bonds. The average molecular weight is 317 g/mol. The van der Waals surface area contributed by atoms with E-state index in [4.69, 9.17) is 21.1 Å². The van der Waals surface area contributed by atoms with Crippen LogP contribution in [-0.4, -0.2) is 7.11 Å². The summed E-state index contributed by atoms with van der Waals surface area (Å²) in [6, 6.07) is 10.1. The first kappa shape index (κ1) is 15.5. The molecular weight excluding hydrogens is 305 g/mol. The molecule has 2 aromatic rings. The second-order valence-electron chi connectivity index (χ2n) is 4.24. The van der Waals surface area contributed by atoms with Gasteiger partial charge in [-0.05, 0) is 29.8 Å². The fourth-order valence-electron chi connectivity index (χ4n) is 1.76. The Bertz CT molecular complexity index is 627. The van der Waals surface area contributed by atoms with Crippen LogP contribution in [0.4, 0.5) is 13.2 Å². The van der Waals surface area contributed by atoms with Crippen LogP contribution in [0.5, 0.6) is 17.2 Å². The summed E-state index contributed by atoms with van der Waals surface area (Å²) in [5.74, 6) is 0.490. The van der Waals surface area contributed by atoms with E-state index in [1.54, 1.807) is 18.2 Å². The number of hydrogen-bond donors (Lipinski definition) is 0. The van der Waals surface area contributed by atoms with Crippen molar-refractivity contribution in [2.75, 3.05) is 7.11 Å². The normalized spacial score (nSPS) is 11.3. The fourth-order valence-corrected chi connectivity index (χ4v) is 1.93. The highest BCUT2D eigenvalue weighted by atomic mass is 35.5. The zero-order valence-electron chi connectivity index (χ0n) is 11.1. The minimum atomic E-state index is -4.52.